The smallest absolute Gasteiger partial charge is 0.392 e. The molecule has 1 saturated heterocycles. The van der Waals surface area contributed by atoms with Crippen molar-refractivity contribution in [1.82, 2.24) is 10.3 Å². The first-order chi connectivity index (χ1) is 11.8. The number of hydrogen-bond donors (Lipinski definition) is 3. The summed E-state index contributed by atoms with van der Waals surface area (Å²) in [4.78, 5) is 16.9. The molecule has 1 aromatic carbocycles. The van der Waals surface area contributed by atoms with Crippen LogP contribution < -0.4 is 10.6 Å². The molecule has 2 atom stereocenters. The lowest BCUT2D eigenvalue weighted by molar-refractivity contribution is -0.137. The zero-order valence-electron chi connectivity index (χ0n) is 13.0. The number of nitrogens with one attached hydrogen (secondary N) is 2. The Hall–Kier alpha value is -1.97. The van der Waals surface area contributed by atoms with Gasteiger partial charge in [0.2, 0.25) is 5.91 Å². The van der Waals surface area contributed by atoms with Crippen molar-refractivity contribution in [2.45, 2.75) is 31.2 Å². The van der Waals surface area contributed by atoms with E-state index in [-0.39, 0.29) is 5.91 Å². The highest BCUT2D eigenvalue weighted by Crippen LogP contribution is 2.30. The molecule has 1 aromatic heterocycles. The van der Waals surface area contributed by atoms with Gasteiger partial charge in [-0.2, -0.15) is 13.2 Å². The standard InChI is InChI=1S/C16H16F3N3O2S/c17-16(18,19)10-3-1-2-9(4-10)5-12-8-21-15(25-12)22-14(24)13-6-11(23)7-20-13/h1-4,8,11,13,20,23H,5-7H2,(H,21,22,24). The van der Waals surface area contributed by atoms with Crippen LogP contribution in [0.1, 0.15) is 22.4 Å². The number of aliphatic hydroxyl groups excluding tert-OH is 1. The minimum Gasteiger partial charge on any atom is -0.392 e. The van der Waals surface area contributed by atoms with Crippen LogP contribution in [0.3, 0.4) is 0 Å². The van der Waals surface area contributed by atoms with E-state index in [0.29, 0.717) is 30.1 Å². The van der Waals surface area contributed by atoms with Gasteiger partial charge >= 0.3 is 6.18 Å². The summed E-state index contributed by atoms with van der Waals surface area (Å²) in [6.45, 7) is 0.372. The van der Waals surface area contributed by atoms with Gasteiger partial charge in [0, 0.05) is 24.0 Å². The third-order valence-corrected chi connectivity index (χ3v) is 4.75. The lowest BCUT2D eigenvalue weighted by Crippen LogP contribution is -2.35. The number of β-amino-alcohol motifs (C(OH)–C–C–N with tert-alkyl or cyclic N) is 1. The third-order valence-electron chi connectivity index (χ3n) is 3.84. The van der Waals surface area contributed by atoms with Gasteiger partial charge in [0.25, 0.3) is 0 Å². The number of benzene rings is 1. The molecule has 134 valence electrons. The monoisotopic (exact) mass is 371 g/mol. The van der Waals surface area contributed by atoms with Crippen molar-refractivity contribution in [3.8, 4) is 0 Å². The first kappa shape index (κ1) is 17.8. The molecule has 0 saturated carbocycles. The van der Waals surface area contributed by atoms with Crippen LogP contribution >= 0.6 is 11.3 Å². The number of aromatic nitrogens is 1. The van der Waals surface area contributed by atoms with E-state index in [1.54, 1.807) is 6.07 Å². The fourth-order valence-electron chi connectivity index (χ4n) is 2.62. The SMILES string of the molecule is O=C(Nc1ncc(Cc2cccc(C(F)(F)F)c2)s1)C1CC(O)CN1. The van der Waals surface area contributed by atoms with Crippen molar-refractivity contribution < 1.29 is 23.1 Å². The molecule has 0 aliphatic carbocycles. The van der Waals surface area contributed by atoms with Gasteiger partial charge in [-0.1, -0.05) is 18.2 Å². The molecule has 3 N–H and O–H groups in total. The average Bonchev–Trinajstić information content (AvgIpc) is 3.16. The average molecular weight is 371 g/mol. The van der Waals surface area contributed by atoms with Crippen LogP contribution in [-0.4, -0.2) is 34.7 Å². The molecule has 5 nitrogen and oxygen atoms in total. The van der Waals surface area contributed by atoms with Gasteiger partial charge < -0.3 is 15.7 Å². The van der Waals surface area contributed by atoms with Crippen LogP contribution in [0.25, 0.3) is 0 Å². The van der Waals surface area contributed by atoms with Crippen molar-refractivity contribution in [3.63, 3.8) is 0 Å². The molecule has 3 rings (SSSR count). The minimum atomic E-state index is -4.37. The maximum absolute atomic E-state index is 12.7. The van der Waals surface area contributed by atoms with Crippen molar-refractivity contribution in [3.05, 3.63) is 46.5 Å². The minimum absolute atomic E-state index is 0.281. The first-order valence-electron chi connectivity index (χ1n) is 7.64. The van der Waals surface area contributed by atoms with Crippen LogP contribution in [0.2, 0.25) is 0 Å². The molecule has 2 heterocycles. The van der Waals surface area contributed by atoms with Crippen molar-refractivity contribution in [2.75, 3.05) is 11.9 Å². The molecule has 1 fully saturated rings. The maximum Gasteiger partial charge on any atom is 0.416 e. The van der Waals surface area contributed by atoms with E-state index in [0.717, 1.165) is 17.0 Å². The number of hydrogen-bond acceptors (Lipinski definition) is 5. The van der Waals surface area contributed by atoms with Gasteiger partial charge in [-0.25, -0.2) is 4.98 Å². The van der Waals surface area contributed by atoms with E-state index < -0.39 is 23.9 Å². The summed E-state index contributed by atoms with van der Waals surface area (Å²) in [7, 11) is 0. The van der Waals surface area contributed by atoms with Gasteiger partial charge in [-0.3, -0.25) is 4.79 Å². The molecule has 1 amide bonds. The van der Waals surface area contributed by atoms with Crippen LogP contribution in [0.4, 0.5) is 18.3 Å². The molecule has 1 aliphatic rings. The van der Waals surface area contributed by atoms with E-state index >= 15 is 0 Å². The molecule has 2 aromatic rings. The number of rotatable bonds is 4. The quantitative estimate of drug-likeness (QED) is 0.772. The van der Waals surface area contributed by atoms with Gasteiger partial charge in [0.15, 0.2) is 5.13 Å². The summed E-state index contributed by atoms with van der Waals surface area (Å²) in [6, 6.07) is 4.67. The second-order valence-electron chi connectivity index (χ2n) is 5.85. The molecular weight excluding hydrogens is 355 g/mol. The number of alkyl halides is 3. The van der Waals surface area contributed by atoms with Crippen molar-refractivity contribution >= 4 is 22.4 Å². The Bertz CT molecular complexity index is 763. The number of halogens is 3. The highest BCUT2D eigenvalue weighted by molar-refractivity contribution is 7.15. The highest BCUT2D eigenvalue weighted by atomic mass is 32.1. The van der Waals surface area contributed by atoms with E-state index in [1.165, 1.54) is 23.6 Å². The van der Waals surface area contributed by atoms with E-state index in [9.17, 15) is 23.1 Å². The summed E-state index contributed by atoms with van der Waals surface area (Å²) in [5.41, 5.74) is -0.161. The van der Waals surface area contributed by atoms with Gasteiger partial charge in [-0.05, 0) is 18.1 Å². The number of carbonyl (C=O) groups excluding carboxylic acids is 1. The second-order valence-corrected chi connectivity index (χ2v) is 6.96. The zero-order valence-corrected chi connectivity index (χ0v) is 13.8. The van der Waals surface area contributed by atoms with Crippen molar-refractivity contribution in [2.24, 2.45) is 0 Å². The fraction of sp³-hybridized carbons (Fsp3) is 0.375. The van der Waals surface area contributed by atoms with E-state index in [4.69, 9.17) is 0 Å². The topological polar surface area (TPSA) is 74.2 Å². The fourth-order valence-corrected chi connectivity index (χ4v) is 3.46. The molecule has 0 radical (unpaired) electrons. The van der Waals surface area contributed by atoms with Gasteiger partial charge in [-0.15, -0.1) is 11.3 Å². The van der Waals surface area contributed by atoms with Crippen LogP contribution in [-0.2, 0) is 17.4 Å². The third kappa shape index (κ3) is 4.56. The summed E-state index contributed by atoms with van der Waals surface area (Å²) < 4.78 is 38.2. The number of aliphatic hydroxyl groups is 1. The summed E-state index contributed by atoms with van der Waals surface area (Å²) in [6.07, 6.45) is -2.73. The lowest BCUT2D eigenvalue weighted by atomic mass is 10.1. The van der Waals surface area contributed by atoms with Crippen LogP contribution in [0, 0.1) is 0 Å². The molecule has 9 heteroatoms. The Morgan fingerprint density at radius 3 is 2.92 bits per heavy atom. The Morgan fingerprint density at radius 1 is 1.44 bits per heavy atom. The number of carbonyl (C=O) groups is 1. The van der Waals surface area contributed by atoms with Gasteiger partial charge in [0.05, 0.1) is 17.7 Å². The lowest BCUT2D eigenvalue weighted by Gasteiger charge is -2.08. The maximum atomic E-state index is 12.7. The Kier molecular flexibility index (Phi) is 5.07. The summed E-state index contributed by atoms with van der Waals surface area (Å²) in [5, 5.41) is 15.4. The normalized spacial score (nSPS) is 20.6. The molecule has 1 aliphatic heterocycles. The second kappa shape index (κ2) is 7.11. The number of amides is 1. The number of anilines is 1. The highest BCUT2D eigenvalue weighted by Gasteiger charge is 2.30. The molecule has 2 unspecified atom stereocenters. The summed E-state index contributed by atoms with van der Waals surface area (Å²) >= 11 is 1.21. The molecule has 0 bridgehead atoms. The molecular formula is C16H16F3N3O2S. The first-order valence-corrected chi connectivity index (χ1v) is 8.46. The van der Waals surface area contributed by atoms with Gasteiger partial charge in [0.1, 0.15) is 0 Å². The molecule has 0 spiro atoms. The Morgan fingerprint density at radius 2 is 2.24 bits per heavy atom. The Balaban J connectivity index is 1.63. The zero-order chi connectivity index (χ0) is 18.0. The van der Waals surface area contributed by atoms with E-state index in [2.05, 4.69) is 15.6 Å². The Labute approximate surface area is 145 Å². The predicted octanol–water partition coefficient (Wildman–Crippen LogP) is 2.41. The van der Waals surface area contributed by atoms with Crippen LogP contribution in [0.5, 0.6) is 0 Å². The van der Waals surface area contributed by atoms with E-state index in [1.807, 2.05) is 0 Å². The largest absolute Gasteiger partial charge is 0.416 e. The molecule has 25 heavy (non-hydrogen) atoms. The predicted molar refractivity (Wildman–Crippen MR) is 87.4 cm³/mol. The summed E-state index contributed by atoms with van der Waals surface area (Å²) in [5.74, 6) is -0.281. The number of thiazole rings is 1. The van der Waals surface area contributed by atoms with Crippen LogP contribution in [0.15, 0.2) is 30.5 Å². The number of nitrogens with zero attached hydrogens (tertiary/aromatic N) is 1. The van der Waals surface area contributed by atoms with Crippen molar-refractivity contribution in [1.29, 1.82) is 0 Å².